The van der Waals surface area contributed by atoms with Gasteiger partial charge in [-0.2, -0.15) is 0 Å². The number of hydrogen-bond acceptors (Lipinski definition) is 7. The first-order chi connectivity index (χ1) is 12.7. The summed E-state index contributed by atoms with van der Waals surface area (Å²) in [5, 5.41) is 45.0. The van der Waals surface area contributed by atoms with Crippen LogP contribution in [0.15, 0.2) is 12.2 Å². The molecule has 6 N–H and O–H groups in total. The summed E-state index contributed by atoms with van der Waals surface area (Å²) in [7, 11) is 1.18. The van der Waals surface area contributed by atoms with Crippen molar-refractivity contribution >= 4 is 11.8 Å². The van der Waals surface area contributed by atoms with Gasteiger partial charge in [-0.05, 0) is 18.8 Å². The molecule has 0 aromatic carbocycles. The lowest BCUT2D eigenvalue weighted by Crippen LogP contribution is -2.55. The molecule has 7 atom stereocenters. The van der Waals surface area contributed by atoms with Gasteiger partial charge in [-0.15, -0.1) is 0 Å². The number of carbonyl (C=O) groups excluding carboxylic acids is 2. The molecule has 0 radical (unpaired) electrons. The van der Waals surface area contributed by atoms with Gasteiger partial charge in [0.05, 0.1) is 6.10 Å². The number of aliphatic hydroxyl groups excluding tert-OH is 4. The van der Waals surface area contributed by atoms with E-state index in [0.29, 0.717) is 6.42 Å². The Morgan fingerprint density at radius 2 is 1.96 bits per heavy atom. The quantitative estimate of drug-likeness (QED) is 0.262. The summed E-state index contributed by atoms with van der Waals surface area (Å²) in [6.07, 6.45) is -2.41. The van der Waals surface area contributed by atoms with Gasteiger partial charge in [0.1, 0.15) is 24.4 Å². The lowest BCUT2D eigenvalue weighted by atomic mass is 9.99. The molecule has 1 fully saturated rings. The third kappa shape index (κ3) is 7.19. The van der Waals surface area contributed by atoms with Gasteiger partial charge in [-0.25, -0.2) is 0 Å². The van der Waals surface area contributed by atoms with Crippen LogP contribution in [0.2, 0.25) is 0 Å². The van der Waals surface area contributed by atoms with E-state index in [0.717, 1.165) is 6.42 Å². The second-order valence-corrected chi connectivity index (χ2v) is 6.94. The van der Waals surface area contributed by atoms with E-state index in [1.165, 1.54) is 13.2 Å². The van der Waals surface area contributed by atoms with Crippen LogP contribution in [-0.2, 0) is 14.3 Å². The predicted octanol–water partition coefficient (Wildman–Crippen LogP) is -1.56. The Balaban J connectivity index is 2.72. The van der Waals surface area contributed by atoms with Crippen LogP contribution in [0.4, 0.5) is 0 Å². The maximum absolute atomic E-state index is 12.4. The number of hydrogen-bond donors (Lipinski definition) is 6. The Hall–Kier alpha value is -1.52. The summed E-state index contributed by atoms with van der Waals surface area (Å²) in [6.45, 7) is 4.02. The van der Waals surface area contributed by atoms with Crippen LogP contribution in [-0.4, -0.2) is 82.5 Å². The van der Waals surface area contributed by atoms with Crippen molar-refractivity contribution in [3.05, 3.63) is 12.2 Å². The zero-order valence-electron chi connectivity index (χ0n) is 16.0. The molecular weight excluding hydrogens is 356 g/mol. The maximum atomic E-state index is 12.4. The molecule has 0 aliphatic carbocycles. The van der Waals surface area contributed by atoms with Crippen LogP contribution in [0.5, 0.6) is 0 Å². The number of rotatable bonds is 9. The number of aliphatic hydroxyl groups is 4. The average Bonchev–Trinajstić information content (AvgIpc) is 2.81. The fourth-order valence-corrected chi connectivity index (χ4v) is 2.66. The molecule has 2 unspecified atom stereocenters. The summed E-state index contributed by atoms with van der Waals surface area (Å²) >= 11 is 0. The van der Waals surface area contributed by atoms with Gasteiger partial charge < -0.3 is 35.8 Å². The number of allylic oxidation sites excluding steroid dienone is 1. The van der Waals surface area contributed by atoms with E-state index in [1.807, 2.05) is 13.8 Å². The smallest absolute Gasteiger partial charge is 0.252 e. The molecule has 0 saturated carbocycles. The SMILES string of the molecule is CCC(C)/C=C/[C@@H](O)[C@H](O)[C@@H](O)[C@@H](OC)C(=O)N[C@H]1CCC(O)CNC1=O. The Morgan fingerprint density at radius 1 is 1.30 bits per heavy atom. The van der Waals surface area contributed by atoms with Crippen molar-refractivity contribution in [2.24, 2.45) is 5.92 Å². The van der Waals surface area contributed by atoms with E-state index in [-0.39, 0.29) is 18.9 Å². The molecule has 156 valence electrons. The molecule has 1 aliphatic heterocycles. The van der Waals surface area contributed by atoms with Crippen LogP contribution in [0, 0.1) is 5.92 Å². The van der Waals surface area contributed by atoms with Crippen LogP contribution in [0.3, 0.4) is 0 Å². The van der Waals surface area contributed by atoms with Gasteiger partial charge in [-0.1, -0.05) is 32.4 Å². The van der Waals surface area contributed by atoms with Gasteiger partial charge in [-0.3, -0.25) is 9.59 Å². The van der Waals surface area contributed by atoms with Crippen LogP contribution < -0.4 is 10.6 Å². The molecular formula is C18H32N2O7. The highest BCUT2D eigenvalue weighted by molar-refractivity contribution is 5.89. The van der Waals surface area contributed by atoms with Crippen molar-refractivity contribution in [2.45, 2.75) is 69.7 Å². The highest BCUT2D eigenvalue weighted by atomic mass is 16.5. The van der Waals surface area contributed by atoms with E-state index in [2.05, 4.69) is 10.6 Å². The summed E-state index contributed by atoms with van der Waals surface area (Å²) < 4.78 is 4.98. The summed E-state index contributed by atoms with van der Waals surface area (Å²) in [5.74, 6) is -1.05. The van der Waals surface area contributed by atoms with Gasteiger partial charge >= 0.3 is 0 Å². The van der Waals surface area contributed by atoms with Crippen LogP contribution in [0.25, 0.3) is 0 Å². The second-order valence-electron chi connectivity index (χ2n) is 6.94. The summed E-state index contributed by atoms with van der Waals surface area (Å²) in [4.78, 5) is 24.4. The number of amides is 2. The first-order valence-electron chi connectivity index (χ1n) is 9.22. The first-order valence-corrected chi connectivity index (χ1v) is 9.22. The fraction of sp³-hybridized carbons (Fsp3) is 0.778. The van der Waals surface area contributed by atoms with E-state index in [4.69, 9.17) is 4.74 Å². The lowest BCUT2D eigenvalue weighted by molar-refractivity contribution is -0.150. The summed E-state index contributed by atoms with van der Waals surface area (Å²) in [5.41, 5.74) is 0. The van der Waals surface area contributed by atoms with Crippen molar-refractivity contribution in [1.82, 2.24) is 10.6 Å². The van der Waals surface area contributed by atoms with Crippen molar-refractivity contribution in [1.29, 1.82) is 0 Å². The highest BCUT2D eigenvalue weighted by Gasteiger charge is 2.37. The number of ether oxygens (including phenoxy) is 1. The van der Waals surface area contributed by atoms with E-state index in [9.17, 15) is 30.0 Å². The number of carbonyl (C=O) groups is 2. The predicted molar refractivity (Wildman–Crippen MR) is 97.6 cm³/mol. The van der Waals surface area contributed by atoms with Crippen LogP contribution >= 0.6 is 0 Å². The largest absolute Gasteiger partial charge is 0.391 e. The van der Waals surface area contributed by atoms with E-state index < -0.39 is 48.4 Å². The molecule has 27 heavy (non-hydrogen) atoms. The first kappa shape index (κ1) is 23.5. The van der Waals surface area contributed by atoms with E-state index >= 15 is 0 Å². The topological polar surface area (TPSA) is 148 Å². The maximum Gasteiger partial charge on any atom is 0.252 e. The lowest BCUT2D eigenvalue weighted by Gasteiger charge is -2.28. The van der Waals surface area contributed by atoms with Crippen molar-refractivity contribution in [3.8, 4) is 0 Å². The molecule has 0 spiro atoms. The number of nitrogens with one attached hydrogen (secondary N) is 2. The summed E-state index contributed by atoms with van der Waals surface area (Å²) in [6, 6.07) is -0.883. The molecule has 0 bridgehead atoms. The molecule has 2 amide bonds. The number of methoxy groups -OCH3 is 1. The van der Waals surface area contributed by atoms with E-state index in [1.54, 1.807) is 6.08 Å². The molecule has 1 heterocycles. The third-order valence-corrected chi connectivity index (χ3v) is 4.74. The highest BCUT2D eigenvalue weighted by Crippen LogP contribution is 2.13. The minimum absolute atomic E-state index is 0.106. The zero-order chi connectivity index (χ0) is 20.6. The molecule has 1 rings (SSSR count). The Kier molecular flexibility index (Phi) is 9.89. The minimum Gasteiger partial charge on any atom is -0.391 e. The standard InChI is InChI=1S/C18H32N2O7/c1-4-10(2)5-8-13(22)14(23)15(24)16(27-3)18(26)20-12-7-6-11(21)9-19-17(12)25/h5,8,10-16,21-24H,4,6-7,9H2,1-3H3,(H,19,25)(H,20,26)/b8-5+/t10?,11?,12-,13+,14-,15+,16+/m0/s1. The fourth-order valence-electron chi connectivity index (χ4n) is 2.66. The Bertz CT molecular complexity index is 514. The van der Waals surface area contributed by atoms with Crippen molar-refractivity contribution in [2.75, 3.05) is 13.7 Å². The monoisotopic (exact) mass is 388 g/mol. The van der Waals surface area contributed by atoms with Gasteiger partial charge in [0, 0.05) is 13.7 Å². The molecule has 9 heteroatoms. The second kappa shape index (κ2) is 11.4. The van der Waals surface area contributed by atoms with Gasteiger partial charge in [0.15, 0.2) is 6.10 Å². The molecule has 0 aromatic rings. The molecule has 1 aliphatic rings. The molecule has 0 aromatic heterocycles. The van der Waals surface area contributed by atoms with Gasteiger partial charge in [0.2, 0.25) is 5.91 Å². The Labute approximate surface area is 159 Å². The van der Waals surface area contributed by atoms with Gasteiger partial charge in [0.25, 0.3) is 5.91 Å². The molecule has 9 nitrogen and oxygen atoms in total. The molecule has 1 saturated heterocycles. The zero-order valence-corrected chi connectivity index (χ0v) is 16.0. The normalized spacial score (nSPS) is 26.6. The third-order valence-electron chi connectivity index (χ3n) is 4.74. The Morgan fingerprint density at radius 3 is 2.56 bits per heavy atom. The number of β-amino-alcohol motifs (C(OH)–C–C–N with tert-alkyl or cyclic N) is 1. The minimum atomic E-state index is -1.70. The van der Waals surface area contributed by atoms with Crippen molar-refractivity contribution in [3.63, 3.8) is 0 Å². The van der Waals surface area contributed by atoms with Crippen molar-refractivity contribution < 1.29 is 34.8 Å². The average molecular weight is 388 g/mol. The van der Waals surface area contributed by atoms with Crippen LogP contribution in [0.1, 0.15) is 33.1 Å².